The molecule has 2 spiro atoms. The number of hydrogen-bond acceptors (Lipinski definition) is 4. The lowest BCUT2D eigenvalue weighted by Gasteiger charge is -2.40. The maximum atomic E-state index is 2.53. The number of benzene rings is 22. The van der Waals surface area contributed by atoms with Crippen molar-refractivity contribution in [3.8, 4) is 100 Å². The predicted octanol–water partition coefficient (Wildman–Crippen LogP) is 36.6. The van der Waals surface area contributed by atoms with Gasteiger partial charge in [0.15, 0.2) is 0 Å². The highest BCUT2D eigenvalue weighted by molar-refractivity contribution is 7.26. The van der Waals surface area contributed by atoms with E-state index in [1.54, 1.807) is 0 Å². The Morgan fingerprint density at radius 1 is 0.171 bits per heavy atom. The Bertz CT molecular complexity index is 9560. The average molecular weight is 1810 g/mol. The van der Waals surface area contributed by atoms with Gasteiger partial charge >= 0.3 is 0 Å². The number of fused-ring (bicyclic) bond motifs is 30. The number of nitrogens with zero attached hydrogens (tertiary/aromatic N) is 4. The molecule has 0 saturated carbocycles. The Kier molecular flexibility index (Phi) is 18.0. The Morgan fingerprint density at radius 2 is 0.493 bits per heavy atom. The molecule has 4 aliphatic rings. The molecule has 0 N–H and O–H groups in total. The standard InChI is InChI=1S/2C67H42N2S/c1-2-16-43(17-3-1)44-32-34-45(35-33-44)49-18-5-10-28-61(49)68(47-38-36-46(37-39-47)50-22-14-24-56-54-21-7-13-31-64(54)70-66(50)56)48-40-41-52-51-19-4-8-25-57(51)67(60(52)42-48)58-26-9-12-30-63(58)69-62-29-11-6-20-53(62)55-23-15-27-59(67)65(55)69;1-2-15-43(16-3-1)44-29-31-46(32-30-44)50-17-5-10-25-61(50)68(48-36-33-45(34-37-48)47-35-40-65-56(41-47)54-20-7-13-28-64(54)70-65)49-38-39-52-51-18-4-8-22-57(51)67(60(52)42-49)58-23-9-12-27-63(58)69-62-26-11-6-19-53(62)55-21-14-24-59(67)66(55)69/h2*1-42H. The molecule has 2 aliphatic heterocycles. The van der Waals surface area contributed by atoms with Gasteiger partial charge in [0.25, 0.3) is 0 Å². The lowest BCUT2D eigenvalue weighted by molar-refractivity contribution is 0.748. The molecule has 4 aromatic heterocycles. The van der Waals surface area contributed by atoms with Gasteiger partial charge in [-0.25, -0.2) is 0 Å². The molecule has 0 radical (unpaired) electrons. The average Bonchev–Trinajstić information content (AvgIpc) is 1.50. The van der Waals surface area contributed by atoms with E-state index < -0.39 is 10.8 Å². The van der Waals surface area contributed by atoms with Crippen LogP contribution < -0.4 is 9.80 Å². The fraction of sp³-hybridized carbons (Fsp3) is 0.0149. The van der Waals surface area contributed by atoms with Gasteiger partial charge in [-0.15, -0.1) is 22.7 Å². The van der Waals surface area contributed by atoms with Crippen molar-refractivity contribution in [3.63, 3.8) is 0 Å². The molecular weight excluding hydrogens is 1730 g/mol. The van der Waals surface area contributed by atoms with E-state index in [9.17, 15) is 0 Å². The number of thiophene rings is 2. The van der Waals surface area contributed by atoms with Gasteiger partial charge in [-0.1, -0.05) is 400 Å². The van der Waals surface area contributed by atoms with E-state index in [-0.39, 0.29) is 0 Å². The summed E-state index contributed by atoms with van der Waals surface area (Å²) in [6.07, 6.45) is 0. The van der Waals surface area contributed by atoms with Gasteiger partial charge in [0, 0.05) is 95.8 Å². The van der Waals surface area contributed by atoms with Crippen LogP contribution in [-0.2, 0) is 10.8 Å². The zero-order valence-electron chi connectivity index (χ0n) is 76.1. The fourth-order valence-corrected chi connectivity index (χ4v) is 26.8. The number of anilines is 6. The zero-order valence-corrected chi connectivity index (χ0v) is 77.7. The van der Waals surface area contributed by atoms with Crippen LogP contribution in [0.5, 0.6) is 0 Å². The summed E-state index contributed by atoms with van der Waals surface area (Å²) < 4.78 is 10.3. The fourth-order valence-electron chi connectivity index (χ4n) is 24.5. The maximum Gasteiger partial charge on any atom is 0.0755 e. The van der Waals surface area contributed by atoms with Crippen LogP contribution in [-0.4, -0.2) is 9.13 Å². The first-order valence-electron chi connectivity index (χ1n) is 48.3. The second-order valence-corrected chi connectivity index (χ2v) is 39.6. The molecule has 652 valence electrons. The molecule has 0 saturated heterocycles. The maximum absolute atomic E-state index is 2.53. The molecule has 22 aromatic carbocycles. The minimum atomic E-state index is -0.576. The Labute approximate surface area is 818 Å². The molecule has 4 nitrogen and oxygen atoms in total. The van der Waals surface area contributed by atoms with Crippen molar-refractivity contribution < 1.29 is 0 Å². The van der Waals surface area contributed by atoms with Crippen molar-refractivity contribution in [2.24, 2.45) is 0 Å². The van der Waals surface area contributed by atoms with Crippen LogP contribution in [0.1, 0.15) is 44.5 Å². The van der Waals surface area contributed by atoms with E-state index in [1.807, 2.05) is 22.7 Å². The predicted molar refractivity (Wildman–Crippen MR) is 591 cm³/mol. The van der Waals surface area contributed by atoms with Crippen LogP contribution in [0.25, 0.3) is 184 Å². The normalized spacial score (nSPS) is 14.3. The van der Waals surface area contributed by atoms with E-state index in [0.717, 1.165) is 45.3 Å². The first kappa shape index (κ1) is 79.8. The summed E-state index contributed by atoms with van der Waals surface area (Å²) in [5.41, 5.74) is 42.9. The minimum absolute atomic E-state index is 0.574. The van der Waals surface area contributed by atoms with E-state index in [0.29, 0.717) is 0 Å². The molecular formula is C134H84N4S2. The summed E-state index contributed by atoms with van der Waals surface area (Å²) in [6, 6.07) is 190. The first-order chi connectivity index (χ1) is 69.5. The molecule has 140 heavy (non-hydrogen) atoms. The quantitative estimate of drug-likeness (QED) is 0.121. The molecule has 0 fully saturated rings. The Hall–Kier alpha value is -17.5. The Balaban J connectivity index is 0.000000134. The molecule has 2 unspecified atom stereocenters. The second-order valence-electron chi connectivity index (χ2n) is 37.5. The van der Waals surface area contributed by atoms with Crippen LogP contribution in [0.4, 0.5) is 34.1 Å². The van der Waals surface area contributed by atoms with Gasteiger partial charge in [0.1, 0.15) is 0 Å². The van der Waals surface area contributed by atoms with Crippen LogP contribution in [0.3, 0.4) is 0 Å². The zero-order chi connectivity index (χ0) is 91.8. The van der Waals surface area contributed by atoms with Gasteiger partial charge < -0.3 is 18.9 Å². The van der Waals surface area contributed by atoms with Crippen molar-refractivity contribution in [1.29, 1.82) is 0 Å². The number of aromatic nitrogens is 2. The van der Waals surface area contributed by atoms with Crippen LogP contribution in [0, 0.1) is 0 Å². The number of rotatable bonds is 12. The molecule has 30 rings (SSSR count). The van der Waals surface area contributed by atoms with Gasteiger partial charge in [0.2, 0.25) is 0 Å². The molecule has 6 heteroatoms. The summed E-state index contributed by atoms with van der Waals surface area (Å²) in [5, 5.41) is 10.4. The lowest BCUT2D eigenvalue weighted by Crippen LogP contribution is -2.33. The highest BCUT2D eigenvalue weighted by atomic mass is 32.1. The minimum Gasteiger partial charge on any atom is -0.310 e. The van der Waals surface area contributed by atoms with Crippen LogP contribution in [0.2, 0.25) is 0 Å². The first-order valence-corrected chi connectivity index (χ1v) is 50.0. The molecule has 2 aliphatic carbocycles. The van der Waals surface area contributed by atoms with Crippen molar-refractivity contribution in [1.82, 2.24) is 9.13 Å². The van der Waals surface area contributed by atoms with Crippen molar-refractivity contribution in [2.45, 2.75) is 10.8 Å². The molecule has 26 aromatic rings. The Morgan fingerprint density at radius 3 is 1.01 bits per heavy atom. The van der Waals surface area contributed by atoms with Crippen LogP contribution >= 0.6 is 22.7 Å². The summed E-state index contributed by atoms with van der Waals surface area (Å²) in [5.74, 6) is 0. The van der Waals surface area contributed by atoms with E-state index in [1.165, 1.54) is 218 Å². The van der Waals surface area contributed by atoms with Gasteiger partial charge in [0.05, 0.1) is 55.6 Å². The van der Waals surface area contributed by atoms with Crippen molar-refractivity contribution in [2.75, 3.05) is 9.80 Å². The summed E-state index contributed by atoms with van der Waals surface area (Å²) in [4.78, 5) is 4.98. The number of hydrogen-bond donors (Lipinski definition) is 0. The highest BCUT2D eigenvalue weighted by Crippen LogP contribution is 2.65. The molecule has 2 atom stereocenters. The molecule has 0 amide bonds. The van der Waals surface area contributed by atoms with Crippen molar-refractivity contribution >= 4 is 141 Å². The van der Waals surface area contributed by atoms with Gasteiger partial charge in [-0.2, -0.15) is 0 Å². The van der Waals surface area contributed by atoms with Gasteiger partial charge in [-0.3, -0.25) is 0 Å². The molecule has 6 heterocycles. The number of para-hydroxylation sites is 8. The molecule has 0 bridgehead atoms. The summed E-state index contributed by atoms with van der Waals surface area (Å²) >= 11 is 3.74. The van der Waals surface area contributed by atoms with E-state index in [4.69, 9.17) is 0 Å². The monoisotopic (exact) mass is 1810 g/mol. The second kappa shape index (κ2) is 31.5. The van der Waals surface area contributed by atoms with E-state index in [2.05, 4.69) is 529 Å². The smallest absolute Gasteiger partial charge is 0.0755 e. The van der Waals surface area contributed by atoms with Crippen molar-refractivity contribution in [3.05, 3.63) is 554 Å². The lowest BCUT2D eigenvalue weighted by atomic mass is 9.65. The topological polar surface area (TPSA) is 16.3 Å². The van der Waals surface area contributed by atoms with E-state index >= 15 is 0 Å². The SMILES string of the molecule is c1ccc(-c2ccc(-c3ccccc3N(c3ccc(-c4ccc5sc6ccccc6c5c4)cc3)c3ccc4c(c3)C3(c5ccccc5-4)c4ccccc4-n4c5ccccc5c5cccc3c54)cc2)cc1.c1ccc(-c2ccc(-c3ccccc3N(c3ccc(-c4cccc5c4sc4ccccc45)cc3)c3ccc4c(c3)C3(c5ccccc5-4)c4ccccc4-n4c5ccccc5c5cccc3c54)cc2)cc1. The third-order valence-electron chi connectivity index (χ3n) is 30.4. The largest absolute Gasteiger partial charge is 0.310 e. The van der Waals surface area contributed by atoms with Crippen LogP contribution in [0.15, 0.2) is 510 Å². The third kappa shape index (κ3) is 11.8. The third-order valence-corrected chi connectivity index (χ3v) is 32.8. The summed E-state index contributed by atoms with van der Waals surface area (Å²) in [6.45, 7) is 0. The summed E-state index contributed by atoms with van der Waals surface area (Å²) in [7, 11) is 0. The van der Waals surface area contributed by atoms with Gasteiger partial charge in [-0.05, 0) is 232 Å². The highest BCUT2D eigenvalue weighted by Gasteiger charge is 2.53.